The molecule has 4 nitrogen and oxygen atoms in total. The fraction of sp³-hybridized carbons (Fsp3) is 0.385. The van der Waals surface area contributed by atoms with E-state index in [0.717, 1.165) is 29.4 Å². The van der Waals surface area contributed by atoms with Crippen molar-refractivity contribution in [2.45, 2.75) is 25.8 Å². The molecule has 0 atom stereocenters. The third kappa shape index (κ3) is 4.11. The summed E-state index contributed by atoms with van der Waals surface area (Å²) >= 11 is 3.24. The fourth-order valence-corrected chi connectivity index (χ4v) is 2.14. The van der Waals surface area contributed by atoms with Gasteiger partial charge in [-0.3, -0.25) is 0 Å². The Morgan fingerprint density at radius 3 is 2.89 bits per heavy atom. The van der Waals surface area contributed by atoms with Gasteiger partial charge in [-0.25, -0.2) is 9.07 Å². The third-order valence-electron chi connectivity index (χ3n) is 2.82. The van der Waals surface area contributed by atoms with Crippen LogP contribution < -0.4 is 5.73 Å². The van der Waals surface area contributed by atoms with E-state index in [9.17, 15) is 4.39 Å². The molecular formula is C13H16BrFN4. The Kier molecular flexibility index (Phi) is 5.04. The average Bonchev–Trinajstić information content (AvgIpc) is 2.81. The summed E-state index contributed by atoms with van der Waals surface area (Å²) in [7, 11) is 0. The predicted octanol–water partition coefficient (Wildman–Crippen LogP) is 2.51. The van der Waals surface area contributed by atoms with Crippen molar-refractivity contribution in [3.8, 4) is 0 Å². The van der Waals surface area contributed by atoms with Gasteiger partial charge in [-0.2, -0.15) is 0 Å². The third-order valence-corrected chi connectivity index (χ3v) is 3.31. The first-order valence-electron chi connectivity index (χ1n) is 6.22. The number of nitrogens with zero attached hydrogens (tertiary/aromatic N) is 3. The molecule has 0 aliphatic rings. The molecular weight excluding hydrogens is 311 g/mol. The second kappa shape index (κ2) is 6.77. The Morgan fingerprint density at radius 2 is 2.16 bits per heavy atom. The standard InChI is InChI=1S/C13H16BrFN4/c14-11-5-4-10(13(15)7-11)8-19-9-12(17-18-19)3-1-2-6-16/h4-5,7,9H,1-3,6,8,16H2. The molecule has 102 valence electrons. The van der Waals surface area contributed by atoms with Gasteiger partial charge in [-0.05, 0) is 37.9 Å². The number of rotatable bonds is 6. The molecule has 19 heavy (non-hydrogen) atoms. The first-order chi connectivity index (χ1) is 9.19. The van der Waals surface area contributed by atoms with Gasteiger partial charge >= 0.3 is 0 Å². The van der Waals surface area contributed by atoms with Crippen LogP contribution in [-0.2, 0) is 13.0 Å². The van der Waals surface area contributed by atoms with Gasteiger partial charge in [0.2, 0.25) is 0 Å². The van der Waals surface area contributed by atoms with Crippen LogP contribution in [0.5, 0.6) is 0 Å². The molecule has 0 unspecified atom stereocenters. The van der Waals surface area contributed by atoms with Gasteiger partial charge in [0.15, 0.2) is 0 Å². The summed E-state index contributed by atoms with van der Waals surface area (Å²) in [6.07, 6.45) is 4.70. The van der Waals surface area contributed by atoms with Gasteiger partial charge in [0.1, 0.15) is 5.82 Å². The molecule has 2 rings (SSSR count). The lowest BCUT2D eigenvalue weighted by atomic mass is 10.2. The van der Waals surface area contributed by atoms with Crippen LogP contribution >= 0.6 is 15.9 Å². The van der Waals surface area contributed by atoms with Crippen molar-refractivity contribution in [1.29, 1.82) is 0 Å². The van der Waals surface area contributed by atoms with Crippen molar-refractivity contribution in [2.75, 3.05) is 6.54 Å². The molecule has 6 heteroatoms. The molecule has 0 aliphatic heterocycles. The van der Waals surface area contributed by atoms with E-state index in [1.807, 2.05) is 12.3 Å². The van der Waals surface area contributed by atoms with E-state index in [2.05, 4.69) is 26.2 Å². The van der Waals surface area contributed by atoms with E-state index in [4.69, 9.17) is 5.73 Å². The number of hydrogen-bond donors (Lipinski definition) is 1. The largest absolute Gasteiger partial charge is 0.330 e. The molecule has 0 amide bonds. The molecule has 2 N–H and O–H groups in total. The van der Waals surface area contributed by atoms with E-state index >= 15 is 0 Å². The molecule has 0 radical (unpaired) electrons. The normalized spacial score (nSPS) is 10.9. The van der Waals surface area contributed by atoms with Gasteiger partial charge in [0.05, 0.1) is 12.2 Å². The van der Waals surface area contributed by atoms with Gasteiger partial charge in [-0.1, -0.05) is 27.2 Å². The van der Waals surface area contributed by atoms with Crippen molar-refractivity contribution in [3.63, 3.8) is 0 Å². The number of aryl methyl sites for hydroxylation is 1. The second-order valence-corrected chi connectivity index (χ2v) is 5.30. The summed E-state index contributed by atoms with van der Waals surface area (Å²) in [5, 5.41) is 8.08. The molecule has 0 fully saturated rings. The molecule has 0 bridgehead atoms. The summed E-state index contributed by atoms with van der Waals surface area (Å²) in [6, 6.07) is 5.01. The quantitative estimate of drug-likeness (QED) is 0.830. The van der Waals surface area contributed by atoms with Crippen molar-refractivity contribution in [3.05, 3.63) is 45.9 Å². The summed E-state index contributed by atoms with van der Waals surface area (Å²) in [5.41, 5.74) is 6.96. The Bertz CT molecular complexity index is 541. The smallest absolute Gasteiger partial charge is 0.129 e. The Morgan fingerprint density at radius 1 is 1.32 bits per heavy atom. The minimum absolute atomic E-state index is 0.241. The molecule has 0 aliphatic carbocycles. The van der Waals surface area contributed by atoms with Gasteiger partial charge in [-0.15, -0.1) is 5.10 Å². The SMILES string of the molecule is NCCCCc1cn(Cc2ccc(Br)cc2F)nn1. The Balaban J connectivity index is 1.99. The van der Waals surface area contributed by atoms with E-state index in [1.54, 1.807) is 10.7 Å². The average molecular weight is 327 g/mol. The Labute approximate surface area is 119 Å². The van der Waals surface area contributed by atoms with Gasteiger partial charge in [0, 0.05) is 16.2 Å². The van der Waals surface area contributed by atoms with Gasteiger partial charge < -0.3 is 5.73 Å². The number of benzene rings is 1. The summed E-state index contributed by atoms with van der Waals surface area (Å²) in [6.45, 7) is 1.08. The van der Waals surface area contributed by atoms with Crippen LogP contribution in [0.15, 0.2) is 28.9 Å². The lowest BCUT2D eigenvalue weighted by Gasteiger charge is -2.03. The molecule has 0 saturated heterocycles. The highest BCUT2D eigenvalue weighted by molar-refractivity contribution is 9.10. The maximum atomic E-state index is 13.7. The van der Waals surface area contributed by atoms with Crippen LogP contribution in [0.1, 0.15) is 24.1 Å². The van der Waals surface area contributed by atoms with Crippen molar-refractivity contribution >= 4 is 15.9 Å². The number of aromatic nitrogens is 3. The van der Waals surface area contributed by atoms with E-state index in [0.29, 0.717) is 18.7 Å². The first-order valence-corrected chi connectivity index (χ1v) is 7.01. The van der Waals surface area contributed by atoms with Gasteiger partial charge in [0.25, 0.3) is 0 Å². The zero-order chi connectivity index (χ0) is 13.7. The van der Waals surface area contributed by atoms with Crippen LogP contribution in [-0.4, -0.2) is 21.5 Å². The van der Waals surface area contributed by atoms with Crippen molar-refractivity contribution in [2.24, 2.45) is 5.73 Å². The van der Waals surface area contributed by atoms with Crippen LogP contribution in [0.2, 0.25) is 0 Å². The zero-order valence-corrected chi connectivity index (χ0v) is 12.1. The minimum Gasteiger partial charge on any atom is -0.330 e. The minimum atomic E-state index is -0.241. The van der Waals surface area contributed by atoms with Crippen molar-refractivity contribution < 1.29 is 4.39 Å². The second-order valence-electron chi connectivity index (χ2n) is 4.39. The molecule has 1 aromatic carbocycles. The molecule has 2 aromatic rings. The first kappa shape index (κ1) is 14.1. The highest BCUT2D eigenvalue weighted by Crippen LogP contribution is 2.16. The maximum Gasteiger partial charge on any atom is 0.129 e. The monoisotopic (exact) mass is 326 g/mol. The van der Waals surface area contributed by atoms with E-state index in [-0.39, 0.29) is 5.82 Å². The van der Waals surface area contributed by atoms with Crippen LogP contribution in [0, 0.1) is 5.82 Å². The van der Waals surface area contributed by atoms with E-state index in [1.165, 1.54) is 6.07 Å². The van der Waals surface area contributed by atoms with Crippen LogP contribution in [0.3, 0.4) is 0 Å². The van der Waals surface area contributed by atoms with Crippen molar-refractivity contribution in [1.82, 2.24) is 15.0 Å². The summed E-state index contributed by atoms with van der Waals surface area (Å²) in [5.74, 6) is -0.241. The molecule has 1 heterocycles. The molecule has 1 aromatic heterocycles. The molecule has 0 spiro atoms. The highest BCUT2D eigenvalue weighted by Gasteiger charge is 2.06. The molecule has 0 saturated carbocycles. The number of hydrogen-bond acceptors (Lipinski definition) is 3. The Hall–Kier alpha value is -1.27. The zero-order valence-electron chi connectivity index (χ0n) is 10.5. The van der Waals surface area contributed by atoms with Crippen LogP contribution in [0.4, 0.5) is 4.39 Å². The lowest BCUT2D eigenvalue weighted by Crippen LogP contribution is -2.02. The number of nitrogens with two attached hydrogens (primary N) is 1. The lowest BCUT2D eigenvalue weighted by molar-refractivity contribution is 0.576. The highest BCUT2D eigenvalue weighted by atomic mass is 79.9. The predicted molar refractivity (Wildman–Crippen MR) is 75.2 cm³/mol. The maximum absolute atomic E-state index is 13.7. The fourth-order valence-electron chi connectivity index (χ4n) is 1.81. The van der Waals surface area contributed by atoms with E-state index < -0.39 is 0 Å². The topological polar surface area (TPSA) is 56.7 Å². The van der Waals surface area contributed by atoms with Crippen LogP contribution in [0.25, 0.3) is 0 Å². The number of halogens is 2. The number of unbranched alkanes of at least 4 members (excludes halogenated alkanes) is 1. The summed E-state index contributed by atoms with van der Waals surface area (Å²) < 4.78 is 16.1. The summed E-state index contributed by atoms with van der Waals surface area (Å²) in [4.78, 5) is 0.